The lowest BCUT2D eigenvalue weighted by molar-refractivity contribution is -0.130. The van der Waals surface area contributed by atoms with E-state index in [1.807, 2.05) is 17.9 Å². The fraction of sp³-hybridized carbons (Fsp3) is 0.500. The Morgan fingerprint density at radius 1 is 1.41 bits per heavy atom. The molecule has 0 heterocycles. The summed E-state index contributed by atoms with van der Waals surface area (Å²) in [6.07, 6.45) is 1.37. The second-order valence-corrected chi connectivity index (χ2v) is 4.53. The minimum atomic E-state index is 0.189. The first-order chi connectivity index (χ1) is 8.17. The molecule has 1 amide bonds. The van der Waals surface area contributed by atoms with Crippen molar-refractivity contribution in [3.05, 3.63) is 35.4 Å². The van der Waals surface area contributed by atoms with Crippen molar-refractivity contribution in [3.63, 3.8) is 0 Å². The molecule has 0 radical (unpaired) electrons. The summed E-state index contributed by atoms with van der Waals surface area (Å²) in [4.78, 5) is 13.7. The molecule has 3 heteroatoms. The molecule has 0 spiro atoms. The maximum atomic E-state index is 11.9. The summed E-state index contributed by atoms with van der Waals surface area (Å²) >= 11 is 5.66. The number of alkyl halides is 1. The highest BCUT2D eigenvalue weighted by Gasteiger charge is 2.10. The molecule has 0 fully saturated rings. The van der Waals surface area contributed by atoms with Crippen LogP contribution < -0.4 is 0 Å². The van der Waals surface area contributed by atoms with E-state index in [1.54, 1.807) is 0 Å². The molecule has 17 heavy (non-hydrogen) atoms. The van der Waals surface area contributed by atoms with E-state index in [0.29, 0.717) is 18.8 Å². The third kappa shape index (κ3) is 4.78. The number of aryl methyl sites for hydroxylation is 2. The highest BCUT2D eigenvalue weighted by Crippen LogP contribution is 2.08. The number of amides is 1. The molecule has 94 valence electrons. The van der Waals surface area contributed by atoms with E-state index in [9.17, 15) is 4.79 Å². The largest absolute Gasteiger partial charge is 0.342 e. The molecule has 0 saturated carbocycles. The molecule has 0 aliphatic rings. The molecular formula is C14H20ClNO. The molecule has 0 aromatic heterocycles. The summed E-state index contributed by atoms with van der Waals surface area (Å²) in [7, 11) is 0. The molecule has 0 bridgehead atoms. The number of hydrogen-bond acceptors (Lipinski definition) is 1. The normalized spacial score (nSPS) is 10.3. The van der Waals surface area contributed by atoms with Gasteiger partial charge in [-0.1, -0.05) is 29.8 Å². The molecule has 0 atom stereocenters. The smallest absolute Gasteiger partial charge is 0.222 e. The first-order valence-corrected chi connectivity index (χ1v) is 6.60. The average molecular weight is 254 g/mol. The summed E-state index contributed by atoms with van der Waals surface area (Å²) in [5.41, 5.74) is 2.46. The lowest BCUT2D eigenvalue weighted by atomic mass is 10.1. The molecule has 0 N–H and O–H groups in total. The van der Waals surface area contributed by atoms with Gasteiger partial charge in [-0.05, 0) is 25.8 Å². The van der Waals surface area contributed by atoms with E-state index >= 15 is 0 Å². The molecule has 0 unspecified atom stereocenters. The van der Waals surface area contributed by atoms with E-state index in [0.717, 1.165) is 13.0 Å². The quantitative estimate of drug-likeness (QED) is 0.714. The number of hydrogen-bond donors (Lipinski definition) is 0. The van der Waals surface area contributed by atoms with Crippen molar-refractivity contribution in [2.45, 2.75) is 26.7 Å². The van der Waals surface area contributed by atoms with Gasteiger partial charge in [-0.25, -0.2) is 0 Å². The van der Waals surface area contributed by atoms with Crippen LogP contribution in [0.4, 0.5) is 0 Å². The van der Waals surface area contributed by atoms with Crippen LogP contribution >= 0.6 is 11.6 Å². The van der Waals surface area contributed by atoms with Crippen molar-refractivity contribution in [2.75, 3.05) is 19.0 Å². The van der Waals surface area contributed by atoms with Gasteiger partial charge in [0.1, 0.15) is 0 Å². The highest BCUT2D eigenvalue weighted by atomic mass is 35.5. The number of benzene rings is 1. The zero-order chi connectivity index (χ0) is 12.7. The Balaban J connectivity index is 2.47. The summed E-state index contributed by atoms with van der Waals surface area (Å²) in [6, 6.07) is 8.30. The lowest BCUT2D eigenvalue weighted by Crippen LogP contribution is -2.32. The third-order valence-corrected chi connectivity index (χ3v) is 2.97. The summed E-state index contributed by atoms with van der Waals surface area (Å²) in [5.74, 6) is 0.693. The predicted molar refractivity (Wildman–Crippen MR) is 72.5 cm³/mol. The second-order valence-electron chi connectivity index (χ2n) is 4.15. The number of halogens is 1. The molecule has 2 nitrogen and oxygen atoms in total. The van der Waals surface area contributed by atoms with E-state index in [4.69, 9.17) is 11.6 Å². The Kier molecular flexibility index (Phi) is 6.06. The fourth-order valence-corrected chi connectivity index (χ4v) is 2.04. The van der Waals surface area contributed by atoms with Gasteiger partial charge in [0.15, 0.2) is 0 Å². The maximum absolute atomic E-state index is 11.9. The van der Waals surface area contributed by atoms with Crippen LogP contribution in [0, 0.1) is 6.92 Å². The molecule has 0 saturated heterocycles. The van der Waals surface area contributed by atoms with Gasteiger partial charge in [0.05, 0.1) is 0 Å². The van der Waals surface area contributed by atoms with Crippen molar-refractivity contribution in [1.82, 2.24) is 4.90 Å². The molecular weight excluding hydrogens is 234 g/mol. The first-order valence-electron chi connectivity index (χ1n) is 6.06. The van der Waals surface area contributed by atoms with E-state index in [2.05, 4.69) is 25.1 Å². The Morgan fingerprint density at radius 3 is 2.76 bits per heavy atom. The van der Waals surface area contributed by atoms with Crippen molar-refractivity contribution >= 4 is 17.5 Å². The second kappa shape index (κ2) is 7.33. The van der Waals surface area contributed by atoms with E-state index in [-0.39, 0.29) is 5.91 Å². The van der Waals surface area contributed by atoms with Gasteiger partial charge in [-0.2, -0.15) is 0 Å². The number of carbonyl (C=O) groups excluding carboxylic acids is 1. The lowest BCUT2D eigenvalue weighted by Gasteiger charge is -2.19. The van der Waals surface area contributed by atoms with E-state index < -0.39 is 0 Å². The van der Waals surface area contributed by atoms with Gasteiger partial charge < -0.3 is 4.90 Å². The SMILES string of the molecule is CCN(CCCl)C(=O)CCc1cccc(C)c1. The molecule has 0 aliphatic heterocycles. The predicted octanol–water partition coefficient (Wildman–Crippen LogP) is 3.01. The van der Waals surface area contributed by atoms with Crippen molar-refractivity contribution in [2.24, 2.45) is 0 Å². The Bertz CT molecular complexity index is 365. The van der Waals surface area contributed by atoms with Gasteiger partial charge in [0, 0.05) is 25.4 Å². The Hall–Kier alpha value is -1.02. The molecule has 0 aliphatic carbocycles. The van der Waals surface area contributed by atoms with Crippen LogP contribution in [-0.2, 0) is 11.2 Å². The van der Waals surface area contributed by atoms with Crippen LogP contribution in [0.25, 0.3) is 0 Å². The van der Waals surface area contributed by atoms with Gasteiger partial charge >= 0.3 is 0 Å². The van der Waals surface area contributed by atoms with Crippen LogP contribution in [0.1, 0.15) is 24.5 Å². The minimum absolute atomic E-state index is 0.189. The highest BCUT2D eigenvalue weighted by molar-refractivity contribution is 6.18. The Morgan fingerprint density at radius 2 is 2.18 bits per heavy atom. The summed E-state index contributed by atoms with van der Waals surface area (Å²) in [6.45, 7) is 5.43. The van der Waals surface area contributed by atoms with Crippen LogP contribution in [-0.4, -0.2) is 29.8 Å². The van der Waals surface area contributed by atoms with Crippen LogP contribution in [0.5, 0.6) is 0 Å². The number of nitrogens with zero attached hydrogens (tertiary/aromatic N) is 1. The van der Waals surface area contributed by atoms with Crippen LogP contribution in [0.2, 0.25) is 0 Å². The van der Waals surface area contributed by atoms with Crippen LogP contribution in [0.15, 0.2) is 24.3 Å². The zero-order valence-corrected chi connectivity index (χ0v) is 11.3. The van der Waals surface area contributed by atoms with E-state index in [1.165, 1.54) is 11.1 Å². The van der Waals surface area contributed by atoms with Crippen molar-refractivity contribution in [1.29, 1.82) is 0 Å². The molecule has 1 rings (SSSR count). The minimum Gasteiger partial charge on any atom is -0.342 e. The van der Waals surface area contributed by atoms with Crippen molar-refractivity contribution < 1.29 is 4.79 Å². The van der Waals surface area contributed by atoms with Crippen LogP contribution in [0.3, 0.4) is 0 Å². The third-order valence-electron chi connectivity index (χ3n) is 2.80. The van der Waals surface area contributed by atoms with Gasteiger partial charge in [0.2, 0.25) is 5.91 Å². The average Bonchev–Trinajstić information content (AvgIpc) is 2.33. The summed E-state index contributed by atoms with van der Waals surface area (Å²) in [5, 5.41) is 0. The van der Waals surface area contributed by atoms with Gasteiger partial charge in [-0.3, -0.25) is 4.79 Å². The van der Waals surface area contributed by atoms with Gasteiger partial charge in [0.25, 0.3) is 0 Å². The Labute approximate surface area is 109 Å². The van der Waals surface area contributed by atoms with Gasteiger partial charge in [-0.15, -0.1) is 11.6 Å². The number of carbonyl (C=O) groups is 1. The monoisotopic (exact) mass is 253 g/mol. The summed E-state index contributed by atoms with van der Waals surface area (Å²) < 4.78 is 0. The molecule has 1 aromatic rings. The standard InChI is InChI=1S/C14H20ClNO/c1-3-16(10-9-15)14(17)8-7-13-6-4-5-12(2)11-13/h4-6,11H,3,7-10H2,1-2H3. The zero-order valence-electron chi connectivity index (χ0n) is 10.6. The fourth-order valence-electron chi connectivity index (χ4n) is 1.84. The number of rotatable bonds is 6. The van der Waals surface area contributed by atoms with Crippen molar-refractivity contribution in [3.8, 4) is 0 Å². The molecule has 1 aromatic carbocycles. The maximum Gasteiger partial charge on any atom is 0.222 e. The topological polar surface area (TPSA) is 20.3 Å². The first kappa shape index (κ1) is 14.0.